The first-order chi connectivity index (χ1) is 9.81. The van der Waals surface area contributed by atoms with Crippen molar-refractivity contribution in [1.82, 2.24) is 4.90 Å². The number of halogens is 1. The van der Waals surface area contributed by atoms with Gasteiger partial charge in [-0.3, -0.25) is 4.90 Å². The Labute approximate surface area is 118 Å². The van der Waals surface area contributed by atoms with Crippen LogP contribution in [0.3, 0.4) is 0 Å². The van der Waals surface area contributed by atoms with Crippen LogP contribution in [0.1, 0.15) is 17.5 Å². The number of benzene rings is 2. The van der Waals surface area contributed by atoms with Gasteiger partial charge >= 0.3 is 0 Å². The van der Waals surface area contributed by atoms with E-state index in [1.165, 1.54) is 23.3 Å². The number of hydrogen-bond acceptors (Lipinski definition) is 2. The SMILES string of the molecule is Fc1ccc(OCCCN2Cc3ccccc3C2)cc1. The molecule has 0 aliphatic carbocycles. The van der Waals surface area contributed by atoms with Crippen molar-refractivity contribution in [2.45, 2.75) is 19.5 Å². The first kappa shape index (κ1) is 13.1. The highest BCUT2D eigenvalue weighted by atomic mass is 19.1. The molecule has 0 bridgehead atoms. The molecule has 1 aliphatic heterocycles. The smallest absolute Gasteiger partial charge is 0.123 e. The van der Waals surface area contributed by atoms with Crippen molar-refractivity contribution >= 4 is 0 Å². The monoisotopic (exact) mass is 271 g/mol. The standard InChI is InChI=1S/C17H18FNO/c18-16-6-8-17(9-7-16)20-11-3-10-19-12-14-4-1-2-5-15(14)13-19/h1-2,4-9H,3,10-13H2. The van der Waals surface area contributed by atoms with Crippen LogP contribution >= 0.6 is 0 Å². The van der Waals surface area contributed by atoms with E-state index in [4.69, 9.17) is 4.74 Å². The average molecular weight is 271 g/mol. The fraction of sp³-hybridized carbons (Fsp3) is 0.294. The molecule has 3 heteroatoms. The van der Waals surface area contributed by atoms with Crippen molar-refractivity contribution in [3.63, 3.8) is 0 Å². The molecule has 2 nitrogen and oxygen atoms in total. The second kappa shape index (κ2) is 6.06. The molecule has 0 amide bonds. The Morgan fingerprint density at radius 3 is 2.25 bits per heavy atom. The molecule has 20 heavy (non-hydrogen) atoms. The summed E-state index contributed by atoms with van der Waals surface area (Å²) in [6.07, 6.45) is 0.978. The van der Waals surface area contributed by atoms with Gasteiger partial charge in [0, 0.05) is 19.6 Å². The highest BCUT2D eigenvalue weighted by molar-refractivity contribution is 5.30. The van der Waals surface area contributed by atoms with Gasteiger partial charge in [-0.05, 0) is 41.8 Å². The third-order valence-corrected chi connectivity index (χ3v) is 3.61. The predicted octanol–water partition coefficient (Wildman–Crippen LogP) is 3.61. The largest absolute Gasteiger partial charge is 0.494 e. The van der Waals surface area contributed by atoms with Crippen molar-refractivity contribution < 1.29 is 9.13 Å². The molecule has 3 rings (SSSR count). The molecule has 0 radical (unpaired) electrons. The van der Waals surface area contributed by atoms with E-state index >= 15 is 0 Å². The Bertz CT molecular complexity index is 542. The summed E-state index contributed by atoms with van der Waals surface area (Å²) in [5.41, 5.74) is 2.87. The highest BCUT2D eigenvalue weighted by Crippen LogP contribution is 2.22. The Kier molecular flexibility index (Phi) is 3.97. The van der Waals surface area contributed by atoms with E-state index in [1.807, 2.05) is 0 Å². The van der Waals surface area contributed by atoms with Crippen LogP contribution in [0.15, 0.2) is 48.5 Å². The van der Waals surface area contributed by atoms with Crippen LogP contribution in [-0.4, -0.2) is 18.1 Å². The van der Waals surface area contributed by atoms with Crippen LogP contribution in [0.2, 0.25) is 0 Å². The molecule has 0 fully saturated rings. The molecule has 0 spiro atoms. The van der Waals surface area contributed by atoms with Crippen LogP contribution < -0.4 is 4.74 Å². The molecule has 2 aromatic rings. The lowest BCUT2D eigenvalue weighted by atomic mass is 10.1. The fourth-order valence-electron chi connectivity index (χ4n) is 2.57. The number of ether oxygens (including phenoxy) is 1. The van der Waals surface area contributed by atoms with Gasteiger partial charge in [0.2, 0.25) is 0 Å². The summed E-state index contributed by atoms with van der Waals surface area (Å²) < 4.78 is 18.4. The molecule has 104 valence electrons. The number of hydrogen-bond donors (Lipinski definition) is 0. The molecule has 1 aliphatic rings. The highest BCUT2D eigenvalue weighted by Gasteiger charge is 2.17. The van der Waals surface area contributed by atoms with Crippen LogP contribution in [0.4, 0.5) is 4.39 Å². The predicted molar refractivity (Wildman–Crippen MR) is 77.1 cm³/mol. The third kappa shape index (κ3) is 3.17. The Morgan fingerprint density at radius 2 is 1.60 bits per heavy atom. The lowest BCUT2D eigenvalue weighted by Gasteiger charge is -2.14. The van der Waals surface area contributed by atoms with Gasteiger partial charge in [-0.2, -0.15) is 0 Å². The van der Waals surface area contributed by atoms with E-state index in [0.29, 0.717) is 6.61 Å². The Balaban J connectivity index is 1.40. The van der Waals surface area contributed by atoms with Crippen LogP contribution in [0.5, 0.6) is 5.75 Å². The van der Waals surface area contributed by atoms with E-state index in [0.717, 1.165) is 31.8 Å². The molecule has 0 atom stereocenters. The molecule has 0 saturated heterocycles. The fourth-order valence-corrected chi connectivity index (χ4v) is 2.57. The summed E-state index contributed by atoms with van der Waals surface area (Å²) in [6.45, 7) is 3.76. The number of fused-ring (bicyclic) bond motifs is 1. The van der Waals surface area contributed by atoms with Gasteiger partial charge in [0.1, 0.15) is 11.6 Å². The molecule has 2 aromatic carbocycles. The topological polar surface area (TPSA) is 12.5 Å². The first-order valence-electron chi connectivity index (χ1n) is 6.99. The molecular formula is C17H18FNO. The van der Waals surface area contributed by atoms with Crippen molar-refractivity contribution in [2.75, 3.05) is 13.2 Å². The zero-order chi connectivity index (χ0) is 13.8. The van der Waals surface area contributed by atoms with Gasteiger partial charge in [-0.1, -0.05) is 24.3 Å². The van der Waals surface area contributed by atoms with Crippen LogP contribution in [-0.2, 0) is 13.1 Å². The summed E-state index contributed by atoms with van der Waals surface area (Å²) in [5.74, 6) is 0.503. The minimum Gasteiger partial charge on any atom is -0.494 e. The van der Waals surface area contributed by atoms with Gasteiger partial charge in [-0.25, -0.2) is 4.39 Å². The molecular weight excluding hydrogens is 253 g/mol. The van der Waals surface area contributed by atoms with Crippen molar-refractivity contribution in [1.29, 1.82) is 0 Å². The van der Waals surface area contributed by atoms with Crippen molar-refractivity contribution in [2.24, 2.45) is 0 Å². The zero-order valence-corrected chi connectivity index (χ0v) is 11.4. The third-order valence-electron chi connectivity index (χ3n) is 3.61. The lowest BCUT2D eigenvalue weighted by molar-refractivity contribution is 0.238. The molecule has 0 aromatic heterocycles. The van der Waals surface area contributed by atoms with Crippen LogP contribution in [0, 0.1) is 5.82 Å². The zero-order valence-electron chi connectivity index (χ0n) is 11.4. The van der Waals surface area contributed by atoms with Crippen molar-refractivity contribution in [3.05, 3.63) is 65.5 Å². The van der Waals surface area contributed by atoms with Gasteiger partial charge in [0.05, 0.1) is 6.61 Å². The maximum Gasteiger partial charge on any atom is 0.123 e. The van der Waals surface area contributed by atoms with Gasteiger partial charge < -0.3 is 4.74 Å². The second-order valence-electron chi connectivity index (χ2n) is 5.14. The molecule has 0 saturated carbocycles. The van der Waals surface area contributed by atoms with Crippen molar-refractivity contribution in [3.8, 4) is 5.75 Å². The van der Waals surface area contributed by atoms with E-state index in [9.17, 15) is 4.39 Å². The van der Waals surface area contributed by atoms with Gasteiger partial charge in [0.15, 0.2) is 0 Å². The maximum absolute atomic E-state index is 12.7. The summed E-state index contributed by atoms with van der Waals surface area (Å²) in [7, 11) is 0. The summed E-state index contributed by atoms with van der Waals surface area (Å²) in [5, 5.41) is 0. The first-order valence-corrected chi connectivity index (χ1v) is 6.99. The number of rotatable bonds is 5. The molecule has 0 unspecified atom stereocenters. The Hall–Kier alpha value is -1.87. The minimum atomic E-state index is -0.229. The normalized spacial score (nSPS) is 14.2. The second-order valence-corrected chi connectivity index (χ2v) is 5.14. The van der Waals surface area contributed by atoms with Gasteiger partial charge in [-0.15, -0.1) is 0 Å². The molecule has 1 heterocycles. The molecule has 0 N–H and O–H groups in total. The van der Waals surface area contributed by atoms with E-state index < -0.39 is 0 Å². The minimum absolute atomic E-state index is 0.229. The van der Waals surface area contributed by atoms with Crippen LogP contribution in [0.25, 0.3) is 0 Å². The number of nitrogens with zero attached hydrogens (tertiary/aromatic N) is 1. The average Bonchev–Trinajstić information content (AvgIpc) is 2.88. The summed E-state index contributed by atoms with van der Waals surface area (Å²) in [6, 6.07) is 14.8. The lowest BCUT2D eigenvalue weighted by Crippen LogP contribution is -2.19. The van der Waals surface area contributed by atoms with Gasteiger partial charge in [0.25, 0.3) is 0 Å². The maximum atomic E-state index is 12.7. The summed E-state index contributed by atoms with van der Waals surface area (Å²) >= 11 is 0. The quantitative estimate of drug-likeness (QED) is 0.770. The van der Waals surface area contributed by atoms with E-state index in [2.05, 4.69) is 29.2 Å². The summed E-state index contributed by atoms with van der Waals surface area (Å²) in [4.78, 5) is 2.43. The Morgan fingerprint density at radius 1 is 0.950 bits per heavy atom. The van der Waals surface area contributed by atoms with E-state index in [-0.39, 0.29) is 5.82 Å². The van der Waals surface area contributed by atoms with E-state index in [1.54, 1.807) is 12.1 Å².